The Balaban J connectivity index is 2.17. The minimum absolute atomic E-state index is 0.108. The van der Waals surface area contributed by atoms with E-state index < -0.39 is 6.10 Å². The summed E-state index contributed by atoms with van der Waals surface area (Å²) in [5.41, 5.74) is 2.68. The first-order chi connectivity index (χ1) is 9.15. The van der Waals surface area contributed by atoms with Crippen molar-refractivity contribution in [2.45, 2.75) is 38.3 Å². The van der Waals surface area contributed by atoms with Crippen LogP contribution in [0.2, 0.25) is 0 Å². The Hall–Kier alpha value is -1.55. The molecule has 0 heterocycles. The van der Waals surface area contributed by atoms with Crippen molar-refractivity contribution in [3.05, 3.63) is 29.3 Å². The van der Waals surface area contributed by atoms with Crippen molar-refractivity contribution >= 4 is 5.91 Å². The van der Waals surface area contributed by atoms with Crippen LogP contribution in [0.15, 0.2) is 18.2 Å². The minimum atomic E-state index is -0.473. The van der Waals surface area contributed by atoms with E-state index in [2.05, 4.69) is 22.8 Å². The lowest BCUT2D eigenvalue weighted by atomic mass is 9.87. The highest BCUT2D eigenvalue weighted by atomic mass is 16.5. The Morgan fingerprint density at radius 2 is 2.21 bits per heavy atom. The lowest BCUT2D eigenvalue weighted by molar-refractivity contribution is -0.126. The average Bonchev–Trinajstić information content (AvgIpc) is 2.45. The molecule has 1 aliphatic carbocycles. The van der Waals surface area contributed by atoms with E-state index in [4.69, 9.17) is 4.74 Å². The molecular formula is C15H22N2O2. The molecule has 2 N–H and O–H groups in total. The molecule has 104 valence electrons. The van der Waals surface area contributed by atoms with Gasteiger partial charge in [-0.15, -0.1) is 0 Å². The molecule has 4 heteroatoms. The molecule has 0 spiro atoms. The van der Waals surface area contributed by atoms with Gasteiger partial charge >= 0.3 is 0 Å². The first kappa shape index (κ1) is 13.9. The molecule has 0 aromatic heterocycles. The van der Waals surface area contributed by atoms with E-state index in [-0.39, 0.29) is 5.91 Å². The number of nitrogens with one attached hydrogen (secondary N) is 2. The van der Waals surface area contributed by atoms with Crippen LogP contribution in [-0.2, 0) is 11.2 Å². The van der Waals surface area contributed by atoms with Gasteiger partial charge < -0.3 is 15.4 Å². The number of likely N-dealkylation sites (N-methyl/N-ethyl adjacent to an activating group) is 1. The summed E-state index contributed by atoms with van der Waals surface area (Å²) in [7, 11) is 3.60. The summed E-state index contributed by atoms with van der Waals surface area (Å²) in [5.74, 6) is 0.653. The third-order valence-corrected chi connectivity index (χ3v) is 3.71. The second-order valence-electron chi connectivity index (χ2n) is 4.97. The van der Waals surface area contributed by atoms with Crippen LogP contribution < -0.4 is 15.4 Å². The molecule has 1 aliphatic rings. The maximum Gasteiger partial charge on any atom is 0.260 e. The van der Waals surface area contributed by atoms with Gasteiger partial charge in [0.2, 0.25) is 0 Å². The van der Waals surface area contributed by atoms with Crippen LogP contribution in [0.5, 0.6) is 5.75 Å². The third-order valence-electron chi connectivity index (χ3n) is 3.71. The molecule has 0 radical (unpaired) electrons. The van der Waals surface area contributed by atoms with Gasteiger partial charge in [0, 0.05) is 13.1 Å². The Morgan fingerprint density at radius 3 is 2.89 bits per heavy atom. The van der Waals surface area contributed by atoms with Gasteiger partial charge in [-0.3, -0.25) is 4.79 Å². The SMILES string of the molecule is CNC(=O)C(C)Oc1ccc2c(c1)C(NC)CCC2. The highest BCUT2D eigenvalue weighted by molar-refractivity contribution is 5.80. The van der Waals surface area contributed by atoms with Gasteiger partial charge in [-0.05, 0) is 56.5 Å². The van der Waals surface area contributed by atoms with Crippen LogP contribution in [0.4, 0.5) is 0 Å². The summed E-state index contributed by atoms with van der Waals surface area (Å²) >= 11 is 0. The number of aryl methyl sites for hydroxylation is 1. The normalized spacial score (nSPS) is 19.4. The van der Waals surface area contributed by atoms with Gasteiger partial charge in [0.25, 0.3) is 5.91 Å². The number of carbonyl (C=O) groups excluding carboxylic acids is 1. The van der Waals surface area contributed by atoms with Crippen molar-refractivity contribution in [2.75, 3.05) is 14.1 Å². The topological polar surface area (TPSA) is 50.4 Å². The molecule has 0 saturated carbocycles. The van der Waals surface area contributed by atoms with E-state index >= 15 is 0 Å². The summed E-state index contributed by atoms with van der Waals surface area (Å²) < 4.78 is 5.69. The van der Waals surface area contributed by atoms with Gasteiger partial charge in [0.05, 0.1) is 0 Å². The molecular weight excluding hydrogens is 240 g/mol. The van der Waals surface area contributed by atoms with Crippen molar-refractivity contribution < 1.29 is 9.53 Å². The molecule has 0 aliphatic heterocycles. The Morgan fingerprint density at radius 1 is 1.42 bits per heavy atom. The van der Waals surface area contributed by atoms with Crippen molar-refractivity contribution in [2.24, 2.45) is 0 Å². The van der Waals surface area contributed by atoms with Crippen molar-refractivity contribution in [3.8, 4) is 5.75 Å². The van der Waals surface area contributed by atoms with Crippen LogP contribution in [0.3, 0.4) is 0 Å². The molecule has 1 aromatic rings. The smallest absolute Gasteiger partial charge is 0.260 e. The van der Waals surface area contributed by atoms with E-state index in [0.29, 0.717) is 6.04 Å². The molecule has 0 saturated heterocycles. The molecule has 4 nitrogen and oxygen atoms in total. The molecule has 1 aromatic carbocycles. The third kappa shape index (κ3) is 3.07. The average molecular weight is 262 g/mol. The fraction of sp³-hybridized carbons (Fsp3) is 0.533. The summed E-state index contributed by atoms with van der Waals surface area (Å²) in [5, 5.41) is 5.93. The highest BCUT2D eigenvalue weighted by Crippen LogP contribution is 2.32. The standard InChI is InChI=1S/C15H22N2O2/c1-10(15(18)17-3)19-12-8-7-11-5-4-6-14(16-2)13(11)9-12/h7-10,14,16H,4-6H2,1-3H3,(H,17,18). The number of amides is 1. The molecule has 19 heavy (non-hydrogen) atoms. The van der Waals surface area contributed by atoms with Crippen LogP contribution >= 0.6 is 0 Å². The van der Waals surface area contributed by atoms with E-state index in [1.54, 1.807) is 14.0 Å². The number of rotatable bonds is 4. The number of hydrogen-bond acceptors (Lipinski definition) is 3. The number of ether oxygens (including phenoxy) is 1. The quantitative estimate of drug-likeness (QED) is 0.870. The van der Waals surface area contributed by atoms with Crippen LogP contribution in [0.1, 0.15) is 36.9 Å². The van der Waals surface area contributed by atoms with E-state index in [1.807, 2.05) is 13.1 Å². The first-order valence-corrected chi connectivity index (χ1v) is 6.84. The lowest BCUT2D eigenvalue weighted by Crippen LogP contribution is -2.33. The molecule has 0 fully saturated rings. The summed E-state index contributed by atoms with van der Waals surface area (Å²) in [6, 6.07) is 6.53. The largest absolute Gasteiger partial charge is 0.481 e. The van der Waals surface area contributed by atoms with Crippen molar-refractivity contribution in [3.63, 3.8) is 0 Å². The van der Waals surface area contributed by atoms with Gasteiger partial charge in [-0.2, -0.15) is 0 Å². The zero-order chi connectivity index (χ0) is 13.8. The monoisotopic (exact) mass is 262 g/mol. The molecule has 2 unspecified atom stereocenters. The van der Waals surface area contributed by atoms with Crippen molar-refractivity contribution in [1.82, 2.24) is 10.6 Å². The summed E-state index contributed by atoms with van der Waals surface area (Å²) in [4.78, 5) is 11.5. The number of benzene rings is 1. The second kappa shape index (κ2) is 6.06. The minimum Gasteiger partial charge on any atom is -0.481 e. The van der Waals surface area contributed by atoms with E-state index in [9.17, 15) is 4.79 Å². The maximum absolute atomic E-state index is 11.5. The van der Waals surface area contributed by atoms with Gasteiger partial charge in [0.15, 0.2) is 6.10 Å². The zero-order valence-corrected chi connectivity index (χ0v) is 11.8. The van der Waals surface area contributed by atoms with Gasteiger partial charge in [0.1, 0.15) is 5.75 Å². The van der Waals surface area contributed by atoms with Crippen LogP contribution in [0.25, 0.3) is 0 Å². The summed E-state index contributed by atoms with van der Waals surface area (Å²) in [6.07, 6.45) is 3.02. The predicted molar refractivity (Wildman–Crippen MR) is 75.3 cm³/mol. The van der Waals surface area contributed by atoms with Gasteiger partial charge in [-0.25, -0.2) is 0 Å². The molecule has 2 rings (SSSR count). The number of hydrogen-bond donors (Lipinski definition) is 2. The Labute approximate surface area is 114 Å². The molecule has 1 amide bonds. The second-order valence-corrected chi connectivity index (χ2v) is 4.97. The van der Waals surface area contributed by atoms with Crippen LogP contribution in [-0.4, -0.2) is 26.1 Å². The Bertz CT molecular complexity index is 459. The maximum atomic E-state index is 11.5. The predicted octanol–water partition coefficient (Wildman–Crippen LogP) is 1.80. The van der Waals surface area contributed by atoms with E-state index in [1.165, 1.54) is 17.5 Å². The fourth-order valence-corrected chi connectivity index (χ4v) is 2.61. The lowest BCUT2D eigenvalue weighted by Gasteiger charge is -2.26. The number of carbonyl (C=O) groups is 1. The molecule has 0 bridgehead atoms. The van der Waals surface area contributed by atoms with Gasteiger partial charge in [-0.1, -0.05) is 6.07 Å². The molecule has 2 atom stereocenters. The van der Waals surface area contributed by atoms with E-state index in [0.717, 1.165) is 18.6 Å². The number of fused-ring (bicyclic) bond motifs is 1. The van der Waals surface area contributed by atoms with Crippen molar-refractivity contribution in [1.29, 1.82) is 0 Å². The van der Waals surface area contributed by atoms with Crippen LogP contribution in [0, 0.1) is 0 Å². The highest BCUT2D eigenvalue weighted by Gasteiger charge is 2.20. The summed E-state index contributed by atoms with van der Waals surface area (Å²) in [6.45, 7) is 1.76. The first-order valence-electron chi connectivity index (χ1n) is 6.84. The fourth-order valence-electron chi connectivity index (χ4n) is 2.61. The zero-order valence-electron chi connectivity index (χ0n) is 11.8. The Kier molecular flexibility index (Phi) is 4.43.